The van der Waals surface area contributed by atoms with E-state index in [1.165, 1.54) is 11.1 Å². The maximum Gasteiger partial charge on any atom is 0.124 e. The van der Waals surface area contributed by atoms with E-state index in [1.807, 2.05) is 6.07 Å². The summed E-state index contributed by atoms with van der Waals surface area (Å²) in [7, 11) is 1.71. The van der Waals surface area contributed by atoms with Gasteiger partial charge in [0.25, 0.3) is 0 Å². The fourth-order valence-electron chi connectivity index (χ4n) is 2.59. The summed E-state index contributed by atoms with van der Waals surface area (Å²) in [6.45, 7) is 7.96. The van der Waals surface area contributed by atoms with Crippen LogP contribution in [-0.2, 0) is 6.54 Å². The highest BCUT2D eigenvalue weighted by atomic mass is 35.5. The van der Waals surface area contributed by atoms with Crippen LogP contribution in [0.3, 0.4) is 0 Å². The second-order valence-corrected chi connectivity index (χ2v) is 5.64. The summed E-state index contributed by atoms with van der Waals surface area (Å²) in [6, 6.07) is 10.5. The SMILES string of the molecule is CCNCc1cc(-c2cc(C)c(OC)c(C)c2)ccc1Cl. The summed E-state index contributed by atoms with van der Waals surface area (Å²) < 4.78 is 5.43. The molecule has 112 valence electrons. The molecule has 0 heterocycles. The molecule has 2 rings (SSSR count). The second-order valence-electron chi connectivity index (χ2n) is 5.23. The van der Waals surface area contributed by atoms with Crippen molar-refractivity contribution in [2.45, 2.75) is 27.3 Å². The van der Waals surface area contributed by atoms with Gasteiger partial charge in [-0.3, -0.25) is 0 Å². The highest BCUT2D eigenvalue weighted by molar-refractivity contribution is 6.31. The fourth-order valence-corrected chi connectivity index (χ4v) is 2.77. The Bertz CT molecular complexity index is 614. The Morgan fingerprint density at radius 2 is 1.71 bits per heavy atom. The first kappa shape index (κ1) is 15.9. The molecule has 2 aromatic rings. The van der Waals surface area contributed by atoms with Gasteiger partial charge >= 0.3 is 0 Å². The summed E-state index contributed by atoms with van der Waals surface area (Å²) in [5, 5.41) is 4.13. The standard InChI is InChI=1S/C18H22ClNO/c1-5-20-11-16-10-14(6-7-17(16)19)15-8-12(2)18(21-4)13(3)9-15/h6-10,20H,5,11H2,1-4H3. The largest absolute Gasteiger partial charge is 0.496 e. The van der Waals surface area contributed by atoms with Crippen LogP contribution in [-0.4, -0.2) is 13.7 Å². The van der Waals surface area contributed by atoms with Crippen molar-refractivity contribution >= 4 is 11.6 Å². The number of benzene rings is 2. The lowest BCUT2D eigenvalue weighted by molar-refractivity contribution is 0.408. The van der Waals surface area contributed by atoms with Crippen LogP contribution in [0.4, 0.5) is 0 Å². The highest BCUT2D eigenvalue weighted by Crippen LogP contribution is 2.31. The van der Waals surface area contributed by atoms with E-state index in [4.69, 9.17) is 16.3 Å². The zero-order valence-corrected chi connectivity index (χ0v) is 13.8. The van der Waals surface area contributed by atoms with Crippen molar-refractivity contribution in [1.29, 1.82) is 0 Å². The Kier molecular flexibility index (Phi) is 5.27. The second kappa shape index (κ2) is 6.97. The van der Waals surface area contributed by atoms with Crippen LogP contribution < -0.4 is 10.1 Å². The lowest BCUT2D eigenvalue weighted by Crippen LogP contribution is -2.12. The van der Waals surface area contributed by atoms with Crippen molar-refractivity contribution in [1.82, 2.24) is 5.32 Å². The molecule has 0 aliphatic carbocycles. The minimum absolute atomic E-state index is 0.789. The van der Waals surface area contributed by atoms with Crippen LogP contribution in [0, 0.1) is 13.8 Å². The van der Waals surface area contributed by atoms with Gasteiger partial charge < -0.3 is 10.1 Å². The van der Waals surface area contributed by atoms with Gasteiger partial charge in [0.15, 0.2) is 0 Å². The van der Waals surface area contributed by atoms with Gasteiger partial charge in [-0.2, -0.15) is 0 Å². The number of ether oxygens (including phenoxy) is 1. The van der Waals surface area contributed by atoms with Gasteiger partial charge in [0.2, 0.25) is 0 Å². The van der Waals surface area contributed by atoms with Crippen molar-refractivity contribution in [2.75, 3.05) is 13.7 Å². The van der Waals surface area contributed by atoms with Crippen LogP contribution in [0.15, 0.2) is 30.3 Å². The van der Waals surface area contributed by atoms with Crippen LogP contribution in [0.1, 0.15) is 23.6 Å². The number of aryl methyl sites for hydroxylation is 2. The molecule has 0 radical (unpaired) electrons. The molecule has 0 saturated carbocycles. The lowest BCUT2D eigenvalue weighted by atomic mass is 9.98. The van der Waals surface area contributed by atoms with Crippen LogP contribution >= 0.6 is 11.6 Å². The maximum atomic E-state index is 6.27. The van der Waals surface area contributed by atoms with E-state index in [0.29, 0.717) is 0 Å². The molecule has 0 spiro atoms. The molecule has 1 N–H and O–H groups in total. The minimum atomic E-state index is 0.789. The Morgan fingerprint density at radius 3 is 2.29 bits per heavy atom. The fraction of sp³-hybridized carbons (Fsp3) is 0.333. The zero-order valence-electron chi connectivity index (χ0n) is 13.1. The Hall–Kier alpha value is -1.51. The average Bonchev–Trinajstić information content (AvgIpc) is 2.46. The molecule has 21 heavy (non-hydrogen) atoms. The molecule has 3 heteroatoms. The van der Waals surface area contributed by atoms with E-state index in [0.717, 1.165) is 40.6 Å². The molecule has 0 aliphatic rings. The quantitative estimate of drug-likeness (QED) is 0.861. The smallest absolute Gasteiger partial charge is 0.124 e. The third-order valence-corrected chi connectivity index (χ3v) is 3.98. The monoisotopic (exact) mass is 303 g/mol. The molecule has 2 nitrogen and oxygen atoms in total. The molecular formula is C18H22ClNO. The Labute approximate surface area is 132 Å². The molecule has 0 aliphatic heterocycles. The molecular weight excluding hydrogens is 282 g/mol. The topological polar surface area (TPSA) is 21.3 Å². The van der Waals surface area contributed by atoms with Crippen molar-refractivity contribution in [2.24, 2.45) is 0 Å². The summed E-state index contributed by atoms with van der Waals surface area (Å²) in [6.07, 6.45) is 0. The number of hydrogen-bond acceptors (Lipinski definition) is 2. The van der Waals surface area contributed by atoms with Gasteiger partial charge in [-0.05, 0) is 72.5 Å². The lowest BCUT2D eigenvalue weighted by Gasteiger charge is -2.13. The molecule has 0 aromatic heterocycles. The van der Waals surface area contributed by atoms with Crippen molar-refractivity contribution < 1.29 is 4.74 Å². The highest BCUT2D eigenvalue weighted by Gasteiger charge is 2.08. The Balaban J connectivity index is 2.42. The van der Waals surface area contributed by atoms with Gasteiger partial charge in [0.1, 0.15) is 5.75 Å². The third-order valence-electron chi connectivity index (χ3n) is 3.61. The summed E-state index contributed by atoms with van der Waals surface area (Å²) >= 11 is 6.27. The zero-order chi connectivity index (χ0) is 15.4. The van der Waals surface area contributed by atoms with Gasteiger partial charge in [-0.1, -0.05) is 24.6 Å². The summed E-state index contributed by atoms with van der Waals surface area (Å²) in [5.74, 6) is 0.959. The summed E-state index contributed by atoms with van der Waals surface area (Å²) in [4.78, 5) is 0. The molecule has 0 saturated heterocycles. The van der Waals surface area contributed by atoms with Gasteiger partial charge in [-0.15, -0.1) is 0 Å². The Morgan fingerprint density at radius 1 is 1.05 bits per heavy atom. The number of methoxy groups -OCH3 is 1. The van der Waals surface area contributed by atoms with E-state index in [1.54, 1.807) is 7.11 Å². The molecule has 0 fully saturated rings. The normalized spacial score (nSPS) is 10.7. The molecule has 2 aromatic carbocycles. The number of halogens is 1. The van der Waals surface area contributed by atoms with E-state index >= 15 is 0 Å². The third kappa shape index (κ3) is 3.58. The maximum absolute atomic E-state index is 6.27. The van der Waals surface area contributed by atoms with Crippen molar-refractivity contribution in [3.8, 4) is 16.9 Å². The van der Waals surface area contributed by atoms with Gasteiger partial charge in [-0.25, -0.2) is 0 Å². The van der Waals surface area contributed by atoms with Gasteiger partial charge in [0, 0.05) is 11.6 Å². The molecule has 0 bridgehead atoms. The number of nitrogens with one attached hydrogen (secondary N) is 1. The summed E-state index contributed by atoms with van der Waals surface area (Å²) in [5.41, 5.74) is 5.80. The molecule has 0 unspecified atom stereocenters. The van der Waals surface area contributed by atoms with Crippen molar-refractivity contribution in [3.05, 3.63) is 52.0 Å². The van der Waals surface area contributed by atoms with E-state index in [9.17, 15) is 0 Å². The minimum Gasteiger partial charge on any atom is -0.496 e. The molecule has 0 atom stereocenters. The predicted octanol–water partition coefficient (Wildman–Crippen LogP) is 4.74. The first-order chi connectivity index (χ1) is 10.1. The number of rotatable bonds is 5. The average molecular weight is 304 g/mol. The van der Waals surface area contributed by atoms with Crippen molar-refractivity contribution in [3.63, 3.8) is 0 Å². The van der Waals surface area contributed by atoms with E-state index in [-0.39, 0.29) is 0 Å². The number of hydrogen-bond donors (Lipinski definition) is 1. The van der Waals surface area contributed by atoms with Crippen LogP contribution in [0.5, 0.6) is 5.75 Å². The van der Waals surface area contributed by atoms with Crippen LogP contribution in [0.25, 0.3) is 11.1 Å². The van der Waals surface area contributed by atoms with E-state index in [2.05, 4.69) is 50.4 Å². The molecule has 0 amide bonds. The first-order valence-electron chi connectivity index (χ1n) is 7.21. The first-order valence-corrected chi connectivity index (χ1v) is 7.59. The van der Waals surface area contributed by atoms with Crippen LogP contribution in [0.2, 0.25) is 5.02 Å². The van der Waals surface area contributed by atoms with E-state index < -0.39 is 0 Å². The van der Waals surface area contributed by atoms with Gasteiger partial charge in [0.05, 0.1) is 7.11 Å². The predicted molar refractivity (Wildman–Crippen MR) is 90.3 cm³/mol.